The number of aryl methyl sites for hydroxylation is 1. The number of anilines is 2. The van der Waals surface area contributed by atoms with Crippen LogP contribution in [0.2, 0.25) is 0 Å². The molecule has 5 rings (SSSR count). The number of carbonyl (C=O) groups is 1. The number of amides is 1. The fourth-order valence-corrected chi connectivity index (χ4v) is 5.13. The zero-order chi connectivity index (χ0) is 24.7. The molecule has 0 saturated carbocycles. The second-order valence-electron chi connectivity index (χ2n) is 9.87. The van der Waals surface area contributed by atoms with Gasteiger partial charge in [-0.1, -0.05) is 15.3 Å². The molecular weight excluding hydrogens is 459 g/mol. The molecule has 182 valence electrons. The number of rotatable bonds is 4. The van der Waals surface area contributed by atoms with Crippen molar-refractivity contribution in [3.8, 4) is 11.1 Å². The SMILES string of the molecule is Cc1ccc(NC(=O)c2ncn(C(C)(C)C)c2P)cc1-c1cc(N2CCOCC2)c2nccn2c1. The highest BCUT2D eigenvalue weighted by Crippen LogP contribution is 2.32. The zero-order valence-corrected chi connectivity index (χ0v) is 21.7. The average Bonchev–Trinajstić information content (AvgIpc) is 3.46. The summed E-state index contributed by atoms with van der Waals surface area (Å²) in [6.07, 6.45) is 7.59. The Balaban J connectivity index is 1.48. The van der Waals surface area contributed by atoms with E-state index in [4.69, 9.17) is 4.74 Å². The summed E-state index contributed by atoms with van der Waals surface area (Å²) in [7, 11) is 2.65. The highest BCUT2D eigenvalue weighted by molar-refractivity contribution is 7.27. The molecule has 0 bridgehead atoms. The van der Waals surface area contributed by atoms with Crippen molar-refractivity contribution < 1.29 is 9.53 Å². The summed E-state index contributed by atoms with van der Waals surface area (Å²) in [5.74, 6) is -0.230. The van der Waals surface area contributed by atoms with Crippen LogP contribution in [-0.2, 0) is 10.3 Å². The van der Waals surface area contributed by atoms with Crippen molar-refractivity contribution in [3.05, 3.63) is 60.4 Å². The minimum absolute atomic E-state index is 0.163. The van der Waals surface area contributed by atoms with Crippen LogP contribution in [0.5, 0.6) is 0 Å². The minimum Gasteiger partial charge on any atom is -0.378 e. The number of morpholine rings is 1. The predicted octanol–water partition coefficient (Wildman–Crippen LogP) is 3.85. The first-order valence-corrected chi connectivity index (χ1v) is 12.3. The van der Waals surface area contributed by atoms with Gasteiger partial charge in [0.15, 0.2) is 11.3 Å². The second kappa shape index (κ2) is 9.10. The Kier molecular flexibility index (Phi) is 6.11. The first kappa shape index (κ1) is 23.5. The van der Waals surface area contributed by atoms with Crippen LogP contribution in [0, 0.1) is 6.92 Å². The number of hydrogen-bond donors (Lipinski definition) is 1. The molecule has 1 atom stereocenters. The van der Waals surface area contributed by atoms with E-state index in [1.165, 1.54) is 0 Å². The summed E-state index contributed by atoms with van der Waals surface area (Å²) in [5.41, 5.74) is 7.00. The molecule has 0 spiro atoms. The number of nitrogens with one attached hydrogen (secondary N) is 1. The van der Waals surface area contributed by atoms with Crippen molar-refractivity contribution in [2.24, 2.45) is 0 Å². The average molecular weight is 491 g/mol. The van der Waals surface area contributed by atoms with Gasteiger partial charge in [-0.25, -0.2) is 9.97 Å². The van der Waals surface area contributed by atoms with Gasteiger partial charge in [0.05, 0.1) is 30.7 Å². The molecule has 4 aromatic rings. The molecule has 1 saturated heterocycles. The first-order chi connectivity index (χ1) is 16.7. The van der Waals surface area contributed by atoms with E-state index in [2.05, 4.69) is 73.8 Å². The Morgan fingerprint density at radius 1 is 1.14 bits per heavy atom. The van der Waals surface area contributed by atoms with E-state index >= 15 is 0 Å². The molecule has 35 heavy (non-hydrogen) atoms. The fourth-order valence-electron chi connectivity index (χ4n) is 4.47. The lowest BCUT2D eigenvalue weighted by Crippen LogP contribution is -2.36. The molecular formula is C26H31N6O2P. The largest absolute Gasteiger partial charge is 0.378 e. The van der Waals surface area contributed by atoms with Crippen molar-refractivity contribution in [1.29, 1.82) is 0 Å². The van der Waals surface area contributed by atoms with Crippen molar-refractivity contribution >= 4 is 37.6 Å². The molecule has 1 unspecified atom stereocenters. The summed E-state index contributed by atoms with van der Waals surface area (Å²) in [6.45, 7) is 11.4. The van der Waals surface area contributed by atoms with E-state index in [-0.39, 0.29) is 11.4 Å². The third-order valence-corrected chi connectivity index (χ3v) is 6.92. The number of fused-ring (bicyclic) bond motifs is 1. The summed E-state index contributed by atoms with van der Waals surface area (Å²) < 4.78 is 9.60. The number of imidazole rings is 2. The van der Waals surface area contributed by atoms with Gasteiger partial charge < -0.3 is 23.9 Å². The predicted molar refractivity (Wildman–Crippen MR) is 143 cm³/mol. The van der Waals surface area contributed by atoms with Crippen molar-refractivity contribution in [1.82, 2.24) is 18.9 Å². The summed E-state index contributed by atoms with van der Waals surface area (Å²) in [6, 6.07) is 8.18. The maximum Gasteiger partial charge on any atom is 0.276 e. The fraction of sp³-hybridized carbons (Fsp3) is 0.346. The lowest BCUT2D eigenvalue weighted by molar-refractivity contribution is 0.102. The van der Waals surface area contributed by atoms with Gasteiger partial charge in [-0.3, -0.25) is 4.79 Å². The summed E-state index contributed by atoms with van der Waals surface area (Å²) in [5, 5.41) is 3.04. The van der Waals surface area contributed by atoms with Crippen molar-refractivity contribution in [2.75, 3.05) is 36.5 Å². The number of carbonyl (C=O) groups excluding carboxylic acids is 1. The second-order valence-corrected chi connectivity index (χ2v) is 10.4. The van der Waals surface area contributed by atoms with Crippen LogP contribution < -0.4 is 15.7 Å². The maximum atomic E-state index is 13.1. The van der Waals surface area contributed by atoms with Gasteiger partial charge in [0, 0.05) is 48.5 Å². The molecule has 3 aromatic heterocycles. The van der Waals surface area contributed by atoms with Gasteiger partial charge in [0.2, 0.25) is 0 Å². The molecule has 1 fully saturated rings. The topological polar surface area (TPSA) is 76.7 Å². The molecule has 1 amide bonds. The van der Waals surface area contributed by atoms with Crippen molar-refractivity contribution in [2.45, 2.75) is 33.2 Å². The van der Waals surface area contributed by atoms with Gasteiger partial charge in [0.1, 0.15) is 0 Å². The van der Waals surface area contributed by atoms with E-state index in [0.29, 0.717) is 18.9 Å². The van der Waals surface area contributed by atoms with E-state index in [9.17, 15) is 4.79 Å². The van der Waals surface area contributed by atoms with Crippen molar-refractivity contribution in [3.63, 3.8) is 0 Å². The molecule has 8 nitrogen and oxygen atoms in total. The Morgan fingerprint density at radius 3 is 2.63 bits per heavy atom. The van der Waals surface area contributed by atoms with E-state index in [0.717, 1.165) is 52.2 Å². The highest BCUT2D eigenvalue weighted by atomic mass is 31.0. The highest BCUT2D eigenvalue weighted by Gasteiger charge is 2.22. The molecule has 0 aliphatic carbocycles. The first-order valence-electron chi connectivity index (χ1n) is 11.8. The number of aromatic nitrogens is 4. The van der Waals surface area contributed by atoms with E-state index in [1.54, 1.807) is 6.33 Å². The molecule has 1 aliphatic rings. The lowest BCUT2D eigenvalue weighted by atomic mass is 10.0. The standard InChI is InChI=1S/C26H31N6O2P/c1-17-5-6-19(29-24(33)22-25(35)32(16-28-22)26(2,3)4)14-20(17)18-13-21(30-9-11-34-12-10-30)23-27-7-8-31(23)15-18/h5-8,13-16H,9-12,35H2,1-4H3,(H,29,33). The molecule has 4 heterocycles. The number of benzene rings is 1. The van der Waals surface area contributed by atoms with Crippen LogP contribution in [0.4, 0.5) is 11.4 Å². The van der Waals surface area contributed by atoms with Gasteiger partial charge in [-0.15, -0.1) is 0 Å². The van der Waals surface area contributed by atoms with Gasteiger partial charge in [-0.2, -0.15) is 0 Å². The van der Waals surface area contributed by atoms with E-state index in [1.807, 2.05) is 35.2 Å². The Bertz CT molecular complexity index is 1390. The van der Waals surface area contributed by atoms with Crippen LogP contribution in [0.15, 0.2) is 49.2 Å². The zero-order valence-electron chi connectivity index (χ0n) is 20.6. The Labute approximate surface area is 207 Å². The van der Waals surface area contributed by atoms with Gasteiger partial charge in [-0.05, 0) is 57.0 Å². The lowest BCUT2D eigenvalue weighted by Gasteiger charge is -2.29. The molecule has 9 heteroatoms. The van der Waals surface area contributed by atoms with Crippen LogP contribution >= 0.6 is 9.24 Å². The summed E-state index contributed by atoms with van der Waals surface area (Å²) in [4.78, 5) is 24.4. The molecule has 1 N–H and O–H groups in total. The number of pyridine rings is 1. The van der Waals surface area contributed by atoms with Crippen LogP contribution in [0.25, 0.3) is 16.8 Å². The maximum absolute atomic E-state index is 13.1. The third kappa shape index (κ3) is 4.56. The minimum atomic E-state index is -0.230. The van der Waals surface area contributed by atoms with Crippen LogP contribution in [0.3, 0.4) is 0 Å². The van der Waals surface area contributed by atoms with Gasteiger partial charge >= 0.3 is 0 Å². The summed E-state index contributed by atoms with van der Waals surface area (Å²) >= 11 is 0. The smallest absolute Gasteiger partial charge is 0.276 e. The number of hydrogen-bond acceptors (Lipinski definition) is 5. The van der Waals surface area contributed by atoms with Gasteiger partial charge in [0.25, 0.3) is 5.91 Å². The molecule has 0 radical (unpaired) electrons. The van der Waals surface area contributed by atoms with Crippen LogP contribution in [0.1, 0.15) is 36.8 Å². The number of nitrogens with zero attached hydrogens (tertiary/aromatic N) is 5. The van der Waals surface area contributed by atoms with E-state index < -0.39 is 0 Å². The van der Waals surface area contributed by atoms with Crippen LogP contribution in [-0.4, -0.2) is 51.1 Å². The Morgan fingerprint density at radius 2 is 1.91 bits per heavy atom. The number of ether oxygens (including phenoxy) is 1. The monoisotopic (exact) mass is 490 g/mol. The molecule has 1 aliphatic heterocycles. The third-order valence-electron chi connectivity index (χ3n) is 6.37. The molecule has 1 aromatic carbocycles. The quantitative estimate of drug-likeness (QED) is 0.440. The normalized spacial score (nSPS) is 14.5. The Hall–Kier alpha value is -3.22.